The molecule has 90 valence electrons. The second-order valence-corrected chi connectivity index (χ2v) is 4.61. The van der Waals surface area contributed by atoms with Gasteiger partial charge in [0.05, 0.1) is 17.3 Å². The number of aromatic nitrogens is 2. The predicted molar refractivity (Wildman–Crippen MR) is 63.2 cm³/mol. The highest BCUT2D eigenvalue weighted by Gasteiger charge is 2.42. The highest BCUT2D eigenvalue weighted by atomic mass is 16.5. The van der Waals surface area contributed by atoms with Crippen LogP contribution >= 0.6 is 0 Å². The molecular formula is C12H21N3O. The van der Waals surface area contributed by atoms with Gasteiger partial charge in [0.2, 0.25) is 0 Å². The molecular weight excluding hydrogens is 202 g/mol. The van der Waals surface area contributed by atoms with Crippen molar-refractivity contribution in [2.45, 2.75) is 37.3 Å². The van der Waals surface area contributed by atoms with Crippen molar-refractivity contribution in [3.8, 4) is 0 Å². The van der Waals surface area contributed by atoms with Gasteiger partial charge in [-0.1, -0.05) is 12.8 Å². The lowest BCUT2D eigenvalue weighted by atomic mass is 9.90. The number of rotatable bonds is 4. The number of nitrogens with zero attached hydrogens (tertiary/aromatic N) is 2. The molecule has 1 fully saturated rings. The summed E-state index contributed by atoms with van der Waals surface area (Å²) < 4.78 is 7.65. The highest BCUT2D eigenvalue weighted by molar-refractivity contribution is 5.13. The lowest BCUT2D eigenvalue weighted by molar-refractivity contribution is -0.0360. The number of hydrogen-bond donors (Lipinski definition) is 1. The lowest BCUT2D eigenvalue weighted by Crippen LogP contribution is -2.42. The molecule has 0 saturated heterocycles. The zero-order valence-electron chi connectivity index (χ0n) is 10.4. The minimum Gasteiger partial charge on any atom is -0.376 e. The van der Waals surface area contributed by atoms with Gasteiger partial charge in [0.1, 0.15) is 0 Å². The second kappa shape index (κ2) is 4.55. The van der Waals surface area contributed by atoms with Gasteiger partial charge >= 0.3 is 0 Å². The summed E-state index contributed by atoms with van der Waals surface area (Å²) >= 11 is 0. The normalized spacial score (nSPS) is 21.2. The third kappa shape index (κ3) is 1.87. The van der Waals surface area contributed by atoms with Gasteiger partial charge in [0.15, 0.2) is 0 Å². The van der Waals surface area contributed by atoms with Crippen molar-refractivity contribution in [1.29, 1.82) is 0 Å². The van der Waals surface area contributed by atoms with E-state index in [-0.39, 0.29) is 11.6 Å². The van der Waals surface area contributed by atoms with Crippen LogP contribution in [0.2, 0.25) is 0 Å². The maximum atomic E-state index is 5.80. The fourth-order valence-corrected chi connectivity index (χ4v) is 2.85. The van der Waals surface area contributed by atoms with Crippen molar-refractivity contribution in [2.24, 2.45) is 7.05 Å². The molecule has 0 aromatic carbocycles. The molecule has 1 aliphatic carbocycles. The van der Waals surface area contributed by atoms with E-state index in [1.54, 1.807) is 0 Å². The van der Waals surface area contributed by atoms with E-state index in [1.807, 2.05) is 32.1 Å². The van der Waals surface area contributed by atoms with E-state index in [2.05, 4.69) is 16.5 Å². The molecule has 1 heterocycles. The standard InChI is InChI=1S/C12H21N3O/c1-13-11(10-6-9-15(2)14-10)12(16-3)7-4-5-8-12/h6,9,11,13H,4-5,7-8H2,1-3H3. The molecule has 1 atom stereocenters. The fourth-order valence-electron chi connectivity index (χ4n) is 2.85. The van der Waals surface area contributed by atoms with E-state index in [0.29, 0.717) is 0 Å². The summed E-state index contributed by atoms with van der Waals surface area (Å²) in [4.78, 5) is 0. The van der Waals surface area contributed by atoms with Crippen LogP contribution in [0.3, 0.4) is 0 Å². The first-order valence-corrected chi connectivity index (χ1v) is 5.94. The SMILES string of the molecule is CNC(c1ccn(C)n1)C1(OC)CCCC1. The molecule has 1 saturated carbocycles. The summed E-state index contributed by atoms with van der Waals surface area (Å²) in [6, 6.07) is 2.27. The van der Waals surface area contributed by atoms with Crippen LogP contribution in [0.15, 0.2) is 12.3 Å². The molecule has 16 heavy (non-hydrogen) atoms. The van der Waals surface area contributed by atoms with E-state index in [9.17, 15) is 0 Å². The summed E-state index contributed by atoms with van der Waals surface area (Å²) in [7, 11) is 5.75. The predicted octanol–water partition coefficient (Wildman–Crippen LogP) is 1.64. The average Bonchev–Trinajstić information content (AvgIpc) is 2.90. The highest BCUT2D eigenvalue weighted by Crippen LogP contribution is 2.41. The first-order valence-electron chi connectivity index (χ1n) is 5.94. The van der Waals surface area contributed by atoms with Crippen LogP contribution in [0.25, 0.3) is 0 Å². The zero-order valence-corrected chi connectivity index (χ0v) is 10.4. The van der Waals surface area contributed by atoms with E-state index in [0.717, 1.165) is 18.5 Å². The zero-order chi connectivity index (χ0) is 11.6. The summed E-state index contributed by atoms with van der Waals surface area (Å²) in [5.74, 6) is 0. The molecule has 0 aliphatic heterocycles. The van der Waals surface area contributed by atoms with Gasteiger partial charge in [-0.25, -0.2) is 0 Å². The maximum absolute atomic E-state index is 5.80. The molecule has 1 aromatic heterocycles. The Kier molecular flexibility index (Phi) is 3.30. The van der Waals surface area contributed by atoms with Crippen LogP contribution in [0.4, 0.5) is 0 Å². The number of nitrogens with one attached hydrogen (secondary N) is 1. The fraction of sp³-hybridized carbons (Fsp3) is 0.750. The number of methoxy groups -OCH3 is 1. The molecule has 1 aromatic rings. The second-order valence-electron chi connectivity index (χ2n) is 4.61. The minimum absolute atomic E-state index is 0.0664. The van der Waals surface area contributed by atoms with Gasteiger partial charge in [0, 0.05) is 20.4 Å². The van der Waals surface area contributed by atoms with Gasteiger partial charge in [-0.15, -0.1) is 0 Å². The van der Waals surface area contributed by atoms with E-state index < -0.39 is 0 Å². The molecule has 0 bridgehead atoms. The Labute approximate surface area is 97.0 Å². The molecule has 1 N–H and O–H groups in total. The topological polar surface area (TPSA) is 39.1 Å². The first kappa shape index (κ1) is 11.6. The number of aryl methyl sites for hydroxylation is 1. The van der Waals surface area contributed by atoms with Crippen LogP contribution in [0, 0.1) is 0 Å². The van der Waals surface area contributed by atoms with Crippen LogP contribution in [-0.4, -0.2) is 29.5 Å². The van der Waals surface area contributed by atoms with Gasteiger partial charge < -0.3 is 10.1 Å². The molecule has 0 radical (unpaired) electrons. The quantitative estimate of drug-likeness (QED) is 0.843. The maximum Gasteiger partial charge on any atom is 0.0888 e. The molecule has 1 unspecified atom stereocenters. The monoisotopic (exact) mass is 223 g/mol. The van der Waals surface area contributed by atoms with Gasteiger partial charge in [0.25, 0.3) is 0 Å². The smallest absolute Gasteiger partial charge is 0.0888 e. The first-order chi connectivity index (χ1) is 7.72. The Morgan fingerprint density at radius 1 is 1.50 bits per heavy atom. The third-order valence-corrected chi connectivity index (χ3v) is 3.70. The van der Waals surface area contributed by atoms with Gasteiger partial charge in [-0.05, 0) is 26.0 Å². The van der Waals surface area contributed by atoms with Gasteiger partial charge in [-0.3, -0.25) is 4.68 Å². The third-order valence-electron chi connectivity index (χ3n) is 3.70. The number of hydrogen-bond acceptors (Lipinski definition) is 3. The Morgan fingerprint density at radius 3 is 2.62 bits per heavy atom. The summed E-state index contributed by atoms with van der Waals surface area (Å²) in [5, 5.41) is 7.86. The molecule has 4 nitrogen and oxygen atoms in total. The molecule has 1 aliphatic rings. The summed E-state index contributed by atoms with van der Waals surface area (Å²) in [6.45, 7) is 0. The van der Waals surface area contributed by atoms with Gasteiger partial charge in [-0.2, -0.15) is 5.10 Å². The van der Waals surface area contributed by atoms with E-state index >= 15 is 0 Å². The molecule has 0 spiro atoms. The Hall–Kier alpha value is -0.870. The van der Waals surface area contributed by atoms with E-state index in [4.69, 9.17) is 4.74 Å². The van der Waals surface area contributed by atoms with Crippen molar-refractivity contribution in [3.63, 3.8) is 0 Å². The van der Waals surface area contributed by atoms with Crippen molar-refractivity contribution in [3.05, 3.63) is 18.0 Å². The molecule has 0 amide bonds. The van der Waals surface area contributed by atoms with Crippen LogP contribution in [0.1, 0.15) is 37.4 Å². The average molecular weight is 223 g/mol. The summed E-state index contributed by atoms with van der Waals surface area (Å²) in [6.07, 6.45) is 6.72. The molecule has 4 heteroatoms. The van der Waals surface area contributed by atoms with Crippen LogP contribution in [0.5, 0.6) is 0 Å². The van der Waals surface area contributed by atoms with Crippen LogP contribution < -0.4 is 5.32 Å². The minimum atomic E-state index is -0.0664. The van der Waals surface area contributed by atoms with Crippen molar-refractivity contribution in [1.82, 2.24) is 15.1 Å². The van der Waals surface area contributed by atoms with Crippen LogP contribution in [-0.2, 0) is 11.8 Å². The number of ether oxygens (including phenoxy) is 1. The van der Waals surface area contributed by atoms with Crippen molar-refractivity contribution in [2.75, 3.05) is 14.2 Å². The Morgan fingerprint density at radius 2 is 2.19 bits per heavy atom. The number of likely N-dealkylation sites (N-methyl/N-ethyl adjacent to an activating group) is 1. The van der Waals surface area contributed by atoms with Crippen molar-refractivity contribution >= 4 is 0 Å². The Balaban J connectivity index is 2.27. The molecule has 2 rings (SSSR count). The van der Waals surface area contributed by atoms with E-state index in [1.165, 1.54) is 12.8 Å². The lowest BCUT2D eigenvalue weighted by Gasteiger charge is -2.35. The largest absolute Gasteiger partial charge is 0.376 e. The Bertz CT molecular complexity index is 342. The van der Waals surface area contributed by atoms with Crippen molar-refractivity contribution < 1.29 is 4.74 Å². The summed E-state index contributed by atoms with van der Waals surface area (Å²) in [5.41, 5.74) is 1.01.